The zero-order valence-corrected chi connectivity index (χ0v) is 9.62. The van der Waals surface area contributed by atoms with Crippen molar-refractivity contribution in [3.8, 4) is 0 Å². The van der Waals surface area contributed by atoms with Crippen molar-refractivity contribution in [2.75, 3.05) is 11.9 Å². The molecule has 0 aliphatic rings. The summed E-state index contributed by atoms with van der Waals surface area (Å²) in [5.41, 5.74) is 2.77. The Labute approximate surface area is 101 Å². The predicted octanol–water partition coefficient (Wildman–Crippen LogP) is 3.66. The van der Waals surface area contributed by atoms with Gasteiger partial charge < -0.3 is 5.32 Å². The molecule has 2 rings (SSSR count). The van der Waals surface area contributed by atoms with Crippen LogP contribution in [0.25, 0.3) is 0 Å². The summed E-state index contributed by atoms with van der Waals surface area (Å²) < 4.78 is 13.3. The van der Waals surface area contributed by atoms with E-state index in [1.807, 2.05) is 36.4 Å². The summed E-state index contributed by atoms with van der Waals surface area (Å²) in [6, 6.07) is 14.7. The zero-order valence-electron chi connectivity index (χ0n) is 9.62. The number of nitrogens with one attached hydrogen (secondary N) is 1. The smallest absolute Gasteiger partial charge is 0.126 e. The maximum Gasteiger partial charge on any atom is 0.126 e. The molecule has 0 atom stereocenters. The highest BCUT2D eigenvalue weighted by atomic mass is 19.1. The molecule has 0 bridgehead atoms. The fraction of sp³-hybridized carbons (Fsp3) is 0.133. The molecule has 0 heterocycles. The number of anilines is 1. The van der Waals surface area contributed by atoms with E-state index in [4.69, 9.17) is 0 Å². The predicted molar refractivity (Wildman–Crippen MR) is 69.5 cm³/mol. The van der Waals surface area contributed by atoms with Gasteiger partial charge in [0.1, 0.15) is 5.82 Å². The minimum absolute atomic E-state index is 0.137. The van der Waals surface area contributed by atoms with Crippen LogP contribution in [0.4, 0.5) is 10.1 Å². The maximum absolute atomic E-state index is 13.3. The third-order valence-corrected chi connectivity index (χ3v) is 2.64. The highest BCUT2D eigenvalue weighted by Gasteiger charge is 1.99. The maximum atomic E-state index is 13.3. The van der Waals surface area contributed by atoms with Gasteiger partial charge in [0.15, 0.2) is 0 Å². The van der Waals surface area contributed by atoms with Gasteiger partial charge in [-0.3, -0.25) is 0 Å². The van der Waals surface area contributed by atoms with Crippen LogP contribution in [-0.2, 0) is 6.42 Å². The molecule has 0 saturated heterocycles. The Morgan fingerprint density at radius 3 is 2.41 bits per heavy atom. The molecule has 0 saturated carbocycles. The molecule has 0 unspecified atom stereocenters. The van der Waals surface area contributed by atoms with Crippen molar-refractivity contribution in [1.82, 2.24) is 0 Å². The van der Waals surface area contributed by atoms with Gasteiger partial charge in [-0.2, -0.15) is 0 Å². The molecule has 87 valence electrons. The van der Waals surface area contributed by atoms with Crippen LogP contribution in [0.15, 0.2) is 48.5 Å². The van der Waals surface area contributed by atoms with E-state index >= 15 is 0 Å². The van der Waals surface area contributed by atoms with Crippen molar-refractivity contribution in [1.29, 1.82) is 0 Å². The number of benzene rings is 2. The lowest BCUT2D eigenvalue weighted by molar-refractivity contribution is 0.610. The highest BCUT2D eigenvalue weighted by Crippen LogP contribution is 2.10. The van der Waals surface area contributed by atoms with E-state index in [0.29, 0.717) is 6.42 Å². The number of halogens is 1. The first-order valence-corrected chi connectivity index (χ1v) is 5.65. The molecule has 17 heavy (non-hydrogen) atoms. The van der Waals surface area contributed by atoms with Crippen molar-refractivity contribution < 1.29 is 4.39 Å². The Hall–Kier alpha value is -1.83. The van der Waals surface area contributed by atoms with Crippen LogP contribution in [0, 0.1) is 12.7 Å². The van der Waals surface area contributed by atoms with E-state index in [2.05, 4.69) is 12.2 Å². The molecule has 2 aromatic carbocycles. The summed E-state index contributed by atoms with van der Waals surface area (Å²) >= 11 is 0. The van der Waals surface area contributed by atoms with Crippen LogP contribution in [0.1, 0.15) is 11.1 Å². The Bertz CT molecular complexity index is 477. The first-order valence-electron chi connectivity index (χ1n) is 5.65. The molecule has 0 aliphatic heterocycles. The SMILES string of the molecule is [CH2]c1ccc(NCCc2ccccc2F)cc1. The highest BCUT2D eigenvalue weighted by molar-refractivity contribution is 5.45. The standard InChI is InChI=1S/C15H15FN/c1-12-6-8-14(9-7-12)17-11-10-13-4-2-3-5-15(13)16/h2-9,17H,1,10-11H2. The largest absolute Gasteiger partial charge is 0.385 e. The number of hydrogen-bond donors (Lipinski definition) is 1. The van der Waals surface area contributed by atoms with Crippen molar-refractivity contribution in [3.05, 3.63) is 72.4 Å². The second-order valence-electron chi connectivity index (χ2n) is 3.97. The third kappa shape index (κ3) is 3.31. The van der Waals surface area contributed by atoms with Crippen LogP contribution in [0.3, 0.4) is 0 Å². The molecule has 1 N–H and O–H groups in total. The first kappa shape index (κ1) is 11.6. The summed E-state index contributed by atoms with van der Waals surface area (Å²) in [6.07, 6.45) is 0.679. The summed E-state index contributed by atoms with van der Waals surface area (Å²) in [6.45, 7) is 4.54. The van der Waals surface area contributed by atoms with Gasteiger partial charge in [0.25, 0.3) is 0 Å². The monoisotopic (exact) mass is 228 g/mol. The topological polar surface area (TPSA) is 12.0 Å². The molecule has 0 spiro atoms. The summed E-state index contributed by atoms with van der Waals surface area (Å²) in [7, 11) is 0. The molecule has 1 radical (unpaired) electrons. The Morgan fingerprint density at radius 2 is 1.71 bits per heavy atom. The normalized spacial score (nSPS) is 10.2. The summed E-state index contributed by atoms with van der Waals surface area (Å²) in [5.74, 6) is -0.137. The van der Waals surface area contributed by atoms with Gasteiger partial charge in [0.2, 0.25) is 0 Å². The van der Waals surface area contributed by atoms with E-state index in [9.17, 15) is 4.39 Å². The van der Waals surface area contributed by atoms with Gasteiger partial charge in [-0.05, 0) is 42.7 Å². The Morgan fingerprint density at radius 1 is 1.00 bits per heavy atom. The number of rotatable bonds is 4. The third-order valence-electron chi connectivity index (χ3n) is 2.64. The lowest BCUT2D eigenvalue weighted by Crippen LogP contribution is -2.05. The van der Waals surface area contributed by atoms with Gasteiger partial charge in [-0.1, -0.05) is 30.3 Å². The van der Waals surface area contributed by atoms with Crippen LogP contribution >= 0.6 is 0 Å². The van der Waals surface area contributed by atoms with Crippen LogP contribution in [-0.4, -0.2) is 6.54 Å². The van der Waals surface area contributed by atoms with Crippen LogP contribution < -0.4 is 5.32 Å². The Kier molecular flexibility index (Phi) is 3.76. The van der Waals surface area contributed by atoms with Gasteiger partial charge >= 0.3 is 0 Å². The minimum Gasteiger partial charge on any atom is -0.385 e. The van der Waals surface area contributed by atoms with Gasteiger partial charge in [-0.15, -0.1) is 0 Å². The zero-order chi connectivity index (χ0) is 12.1. The Balaban J connectivity index is 1.88. The van der Waals surface area contributed by atoms with Gasteiger partial charge in [-0.25, -0.2) is 4.39 Å². The van der Waals surface area contributed by atoms with E-state index in [1.165, 1.54) is 6.07 Å². The van der Waals surface area contributed by atoms with Crippen molar-refractivity contribution in [2.45, 2.75) is 6.42 Å². The van der Waals surface area contributed by atoms with Crippen molar-refractivity contribution >= 4 is 5.69 Å². The molecule has 0 fully saturated rings. The molecule has 0 amide bonds. The van der Waals surface area contributed by atoms with Gasteiger partial charge in [0.05, 0.1) is 0 Å². The van der Waals surface area contributed by atoms with E-state index in [0.717, 1.165) is 23.4 Å². The summed E-state index contributed by atoms with van der Waals surface area (Å²) in [4.78, 5) is 0. The van der Waals surface area contributed by atoms with E-state index < -0.39 is 0 Å². The number of hydrogen-bond acceptors (Lipinski definition) is 1. The van der Waals surface area contributed by atoms with Crippen LogP contribution in [0.5, 0.6) is 0 Å². The summed E-state index contributed by atoms with van der Waals surface area (Å²) in [5, 5.41) is 3.25. The molecular formula is C15H15FN. The van der Waals surface area contributed by atoms with E-state index in [1.54, 1.807) is 6.07 Å². The molecule has 1 nitrogen and oxygen atoms in total. The minimum atomic E-state index is -0.137. The fourth-order valence-electron chi connectivity index (χ4n) is 1.67. The second kappa shape index (κ2) is 5.48. The van der Waals surface area contributed by atoms with Crippen molar-refractivity contribution in [2.24, 2.45) is 0 Å². The fourth-order valence-corrected chi connectivity index (χ4v) is 1.67. The molecule has 2 aromatic rings. The lowest BCUT2D eigenvalue weighted by Gasteiger charge is -2.07. The quantitative estimate of drug-likeness (QED) is 0.842. The van der Waals surface area contributed by atoms with Crippen LogP contribution in [0.2, 0.25) is 0 Å². The van der Waals surface area contributed by atoms with E-state index in [-0.39, 0.29) is 5.82 Å². The molecule has 0 aliphatic carbocycles. The average molecular weight is 228 g/mol. The molecular weight excluding hydrogens is 213 g/mol. The average Bonchev–Trinajstić information content (AvgIpc) is 2.34. The first-order chi connectivity index (χ1) is 8.25. The second-order valence-corrected chi connectivity index (χ2v) is 3.97. The molecule has 0 aromatic heterocycles. The lowest BCUT2D eigenvalue weighted by atomic mass is 10.1. The van der Waals surface area contributed by atoms with Crippen molar-refractivity contribution in [3.63, 3.8) is 0 Å². The van der Waals surface area contributed by atoms with Gasteiger partial charge in [0, 0.05) is 12.2 Å². The molecule has 2 heteroatoms.